The van der Waals surface area contributed by atoms with Crippen LogP contribution in [0.1, 0.15) is 31.4 Å². The van der Waals surface area contributed by atoms with Gasteiger partial charge in [0.15, 0.2) is 0 Å². The van der Waals surface area contributed by atoms with Crippen molar-refractivity contribution in [2.45, 2.75) is 33.3 Å². The molecule has 0 radical (unpaired) electrons. The summed E-state index contributed by atoms with van der Waals surface area (Å²) in [4.78, 5) is 0. The summed E-state index contributed by atoms with van der Waals surface area (Å²) in [5.74, 6) is 6.80. The quantitative estimate of drug-likeness (QED) is 0.789. The summed E-state index contributed by atoms with van der Waals surface area (Å²) in [5, 5.41) is 0. The van der Waals surface area contributed by atoms with Crippen LogP contribution in [0, 0.1) is 18.8 Å². The highest BCUT2D eigenvalue weighted by atomic mass is 16.5. The van der Waals surface area contributed by atoms with Gasteiger partial charge in [-0.15, -0.1) is 0 Å². The molecule has 2 nitrogen and oxygen atoms in total. The third-order valence-electron chi connectivity index (χ3n) is 2.44. The number of hydrogen-bond donors (Lipinski definition) is 1. The molecule has 0 aliphatic rings. The van der Waals surface area contributed by atoms with Crippen LogP contribution in [0.4, 0.5) is 0 Å². The lowest BCUT2D eigenvalue weighted by atomic mass is 10.1. The summed E-state index contributed by atoms with van der Waals surface area (Å²) in [7, 11) is 0. The number of benzene rings is 1. The van der Waals surface area contributed by atoms with Crippen molar-refractivity contribution in [2.24, 2.45) is 5.73 Å². The van der Waals surface area contributed by atoms with Crippen LogP contribution in [0.2, 0.25) is 0 Å². The maximum atomic E-state index is 5.73. The van der Waals surface area contributed by atoms with E-state index in [9.17, 15) is 0 Å². The van der Waals surface area contributed by atoms with E-state index in [-0.39, 0.29) is 6.10 Å². The van der Waals surface area contributed by atoms with Crippen LogP contribution in [0.3, 0.4) is 0 Å². The molecule has 2 N–H and O–H groups in total. The van der Waals surface area contributed by atoms with Crippen molar-refractivity contribution in [1.29, 1.82) is 0 Å². The summed E-state index contributed by atoms with van der Waals surface area (Å²) >= 11 is 0. The molecule has 0 saturated heterocycles. The fourth-order valence-corrected chi connectivity index (χ4v) is 1.31. The van der Waals surface area contributed by atoms with Gasteiger partial charge in [-0.1, -0.05) is 18.8 Å². The molecule has 0 aromatic heterocycles. The van der Waals surface area contributed by atoms with Crippen LogP contribution in [-0.4, -0.2) is 12.6 Å². The summed E-state index contributed by atoms with van der Waals surface area (Å²) < 4.78 is 5.73. The predicted molar refractivity (Wildman–Crippen MR) is 67.5 cm³/mol. The molecular weight excluding hydrogens is 198 g/mol. The Labute approximate surface area is 97.8 Å². The molecule has 0 saturated carbocycles. The zero-order valence-corrected chi connectivity index (χ0v) is 10.2. The van der Waals surface area contributed by atoms with E-state index in [1.165, 1.54) is 0 Å². The molecule has 0 fully saturated rings. The molecule has 0 bridgehead atoms. The molecule has 1 aromatic carbocycles. The first-order valence-corrected chi connectivity index (χ1v) is 5.63. The van der Waals surface area contributed by atoms with E-state index in [1.54, 1.807) is 0 Å². The smallest absolute Gasteiger partial charge is 0.120 e. The van der Waals surface area contributed by atoms with Crippen LogP contribution < -0.4 is 10.5 Å². The number of aryl methyl sites for hydroxylation is 1. The van der Waals surface area contributed by atoms with Crippen molar-refractivity contribution in [3.8, 4) is 17.6 Å². The lowest BCUT2D eigenvalue weighted by Crippen LogP contribution is -2.09. The fourth-order valence-electron chi connectivity index (χ4n) is 1.31. The van der Waals surface area contributed by atoms with Gasteiger partial charge >= 0.3 is 0 Å². The zero-order valence-electron chi connectivity index (χ0n) is 10.2. The minimum absolute atomic E-state index is 0.250. The minimum atomic E-state index is 0.250. The lowest BCUT2D eigenvalue weighted by Gasteiger charge is -2.13. The first-order chi connectivity index (χ1) is 7.67. The Hall–Kier alpha value is -1.46. The third kappa shape index (κ3) is 3.60. The highest BCUT2D eigenvalue weighted by Crippen LogP contribution is 2.18. The normalized spacial score (nSPS) is 11.5. The minimum Gasteiger partial charge on any atom is -0.491 e. The molecule has 1 rings (SSSR count). The second-order valence-electron chi connectivity index (χ2n) is 3.82. The Kier molecular flexibility index (Phi) is 4.88. The van der Waals surface area contributed by atoms with Gasteiger partial charge in [0.2, 0.25) is 0 Å². The zero-order chi connectivity index (χ0) is 12.0. The molecule has 1 atom stereocenters. The first-order valence-electron chi connectivity index (χ1n) is 5.63. The van der Waals surface area contributed by atoms with Crippen molar-refractivity contribution in [2.75, 3.05) is 6.54 Å². The van der Waals surface area contributed by atoms with Gasteiger partial charge in [-0.25, -0.2) is 0 Å². The average Bonchev–Trinajstić information content (AvgIpc) is 2.28. The van der Waals surface area contributed by atoms with Crippen molar-refractivity contribution < 1.29 is 4.74 Å². The van der Waals surface area contributed by atoms with E-state index in [0.717, 1.165) is 23.3 Å². The fraction of sp³-hybridized carbons (Fsp3) is 0.429. The molecule has 16 heavy (non-hydrogen) atoms. The second kappa shape index (κ2) is 6.19. The van der Waals surface area contributed by atoms with Crippen molar-refractivity contribution >= 4 is 0 Å². The molecule has 0 aliphatic heterocycles. The number of hydrogen-bond acceptors (Lipinski definition) is 2. The van der Waals surface area contributed by atoms with E-state index in [4.69, 9.17) is 10.5 Å². The topological polar surface area (TPSA) is 35.2 Å². The molecule has 0 amide bonds. The summed E-state index contributed by atoms with van der Waals surface area (Å²) in [5.41, 5.74) is 7.48. The average molecular weight is 217 g/mol. The van der Waals surface area contributed by atoms with Crippen LogP contribution in [0.25, 0.3) is 0 Å². The summed E-state index contributed by atoms with van der Waals surface area (Å²) in [6, 6.07) is 5.96. The van der Waals surface area contributed by atoms with Crippen LogP contribution in [0.5, 0.6) is 5.75 Å². The molecule has 0 aliphatic carbocycles. The van der Waals surface area contributed by atoms with E-state index in [1.807, 2.05) is 25.1 Å². The van der Waals surface area contributed by atoms with Gasteiger partial charge in [-0.2, -0.15) is 0 Å². The van der Waals surface area contributed by atoms with Crippen LogP contribution >= 0.6 is 0 Å². The van der Waals surface area contributed by atoms with Gasteiger partial charge in [0.25, 0.3) is 0 Å². The van der Waals surface area contributed by atoms with Gasteiger partial charge in [-0.3, -0.25) is 0 Å². The van der Waals surface area contributed by atoms with Crippen molar-refractivity contribution in [1.82, 2.24) is 0 Å². The summed E-state index contributed by atoms with van der Waals surface area (Å²) in [6.45, 7) is 6.60. The molecule has 86 valence electrons. The predicted octanol–water partition coefficient (Wildman–Crippen LogP) is 2.48. The Morgan fingerprint density at radius 1 is 1.44 bits per heavy atom. The maximum absolute atomic E-state index is 5.73. The third-order valence-corrected chi connectivity index (χ3v) is 2.44. The first kappa shape index (κ1) is 12.6. The van der Waals surface area contributed by atoms with Gasteiger partial charge < -0.3 is 10.5 Å². The highest BCUT2D eigenvalue weighted by molar-refractivity contribution is 5.44. The number of nitrogens with two attached hydrogens (primary N) is 1. The molecule has 1 unspecified atom stereocenters. The van der Waals surface area contributed by atoms with Gasteiger partial charge in [0.05, 0.1) is 12.6 Å². The molecule has 0 heterocycles. The molecule has 1 aromatic rings. The van der Waals surface area contributed by atoms with Gasteiger partial charge in [-0.05, 0) is 44.0 Å². The Bertz CT molecular complexity index is 401. The van der Waals surface area contributed by atoms with Gasteiger partial charge in [0.1, 0.15) is 5.75 Å². The monoisotopic (exact) mass is 217 g/mol. The standard InChI is InChI=1S/C14H19NO/c1-4-12(3)16-14-8-7-13(6-5-9-15)11(2)10-14/h7-8,10,12H,4,9,15H2,1-3H3. The van der Waals surface area contributed by atoms with Gasteiger partial charge in [0, 0.05) is 5.56 Å². The SMILES string of the molecule is CCC(C)Oc1ccc(C#CCN)c(C)c1. The largest absolute Gasteiger partial charge is 0.491 e. The van der Waals surface area contributed by atoms with E-state index in [0.29, 0.717) is 6.54 Å². The molecule has 2 heteroatoms. The van der Waals surface area contributed by atoms with Crippen molar-refractivity contribution in [3.05, 3.63) is 29.3 Å². The Morgan fingerprint density at radius 2 is 2.19 bits per heavy atom. The molecular formula is C14H19NO. The number of ether oxygens (including phenoxy) is 1. The Morgan fingerprint density at radius 3 is 2.75 bits per heavy atom. The van der Waals surface area contributed by atoms with Crippen molar-refractivity contribution in [3.63, 3.8) is 0 Å². The van der Waals surface area contributed by atoms with E-state index >= 15 is 0 Å². The summed E-state index contributed by atoms with van der Waals surface area (Å²) in [6.07, 6.45) is 1.26. The highest BCUT2D eigenvalue weighted by Gasteiger charge is 2.02. The molecule has 0 spiro atoms. The van der Waals surface area contributed by atoms with E-state index in [2.05, 4.69) is 25.7 Å². The second-order valence-corrected chi connectivity index (χ2v) is 3.82. The number of rotatable bonds is 3. The Balaban J connectivity index is 2.82. The van der Waals surface area contributed by atoms with E-state index < -0.39 is 0 Å². The lowest BCUT2D eigenvalue weighted by molar-refractivity contribution is 0.217. The van der Waals surface area contributed by atoms with Crippen LogP contribution in [-0.2, 0) is 0 Å². The van der Waals surface area contributed by atoms with Crippen LogP contribution in [0.15, 0.2) is 18.2 Å². The maximum Gasteiger partial charge on any atom is 0.120 e.